The second-order valence-electron chi connectivity index (χ2n) is 3.70. The molecule has 0 aliphatic carbocycles. The Morgan fingerprint density at radius 1 is 1.07 bits per heavy atom. The molecule has 1 fully saturated rings. The van der Waals surface area contributed by atoms with E-state index in [0.717, 1.165) is 13.2 Å². The smallest absolute Gasteiger partial charge is 0.0478 e. The van der Waals surface area contributed by atoms with Gasteiger partial charge in [0.25, 0.3) is 0 Å². The zero-order valence-electron chi connectivity index (χ0n) is 11.0. The minimum absolute atomic E-state index is 0.850. The molecule has 3 nitrogen and oxygen atoms in total. The third-order valence-electron chi connectivity index (χ3n) is 2.56. The quantitative estimate of drug-likeness (QED) is 0.650. The summed E-state index contributed by atoms with van der Waals surface area (Å²) in [5.74, 6) is 0. The molecule has 1 heterocycles. The number of nitrogens with zero attached hydrogens (tertiary/aromatic N) is 2. The normalized spacial score (nSPS) is 18.4. The lowest BCUT2D eigenvalue weighted by Crippen LogP contribution is -2.44. The van der Waals surface area contributed by atoms with Crippen LogP contribution in [0.2, 0.25) is 0 Å². The van der Waals surface area contributed by atoms with Gasteiger partial charge in [-0.25, -0.2) is 0 Å². The second kappa shape index (κ2) is 10.4. The van der Waals surface area contributed by atoms with Gasteiger partial charge in [0, 0.05) is 45.9 Å². The maximum absolute atomic E-state index is 5.31. The molecular weight excluding hydrogens is 188 g/mol. The van der Waals surface area contributed by atoms with Crippen LogP contribution in [0.3, 0.4) is 0 Å². The first-order chi connectivity index (χ1) is 7.33. The Bertz CT molecular complexity index is 123. The van der Waals surface area contributed by atoms with E-state index < -0.39 is 0 Å². The predicted octanol–water partition coefficient (Wildman–Crippen LogP) is 1.69. The Hall–Kier alpha value is -0.120. The van der Waals surface area contributed by atoms with Crippen LogP contribution in [0, 0.1) is 0 Å². The summed E-state index contributed by atoms with van der Waals surface area (Å²) >= 11 is 0. The van der Waals surface area contributed by atoms with Gasteiger partial charge in [0.05, 0.1) is 0 Å². The summed E-state index contributed by atoms with van der Waals surface area (Å²) in [4.78, 5) is 4.91. The van der Waals surface area contributed by atoms with E-state index >= 15 is 0 Å². The van der Waals surface area contributed by atoms with E-state index in [-0.39, 0.29) is 0 Å². The highest BCUT2D eigenvalue weighted by Gasteiger charge is 2.12. The van der Waals surface area contributed by atoms with Crippen molar-refractivity contribution in [1.82, 2.24) is 9.80 Å². The van der Waals surface area contributed by atoms with Gasteiger partial charge < -0.3 is 14.5 Å². The molecule has 0 aromatic heterocycles. The van der Waals surface area contributed by atoms with E-state index in [1.165, 1.54) is 39.1 Å². The van der Waals surface area contributed by atoms with Crippen LogP contribution in [0.5, 0.6) is 0 Å². The standard InChI is InChI=1S/C10H22N2O.C2H6/c1-3-13-10-4-5-12-8-6-11(2)7-9-12;1-2/h3-10H2,1-2H3;1-2H3. The Balaban J connectivity index is 0.000000921. The van der Waals surface area contributed by atoms with E-state index in [0.29, 0.717) is 0 Å². The average molecular weight is 216 g/mol. The Morgan fingerprint density at radius 2 is 1.67 bits per heavy atom. The fourth-order valence-corrected chi connectivity index (χ4v) is 1.61. The molecule has 0 bridgehead atoms. The molecule has 0 radical (unpaired) electrons. The highest BCUT2D eigenvalue weighted by atomic mass is 16.5. The van der Waals surface area contributed by atoms with E-state index in [1.807, 2.05) is 13.8 Å². The number of likely N-dealkylation sites (N-methyl/N-ethyl adjacent to an activating group) is 1. The van der Waals surface area contributed by atoms with Crippen molar-refractivity contribution >= 4 is 0 Å². The van der Waals surface area contributed by atoms with Crippen molar-refractivity contribution in [2.24, 2.45) is 0 Å². The number of hydrogen-bond acceptors (Lipinski definition) is 3. The van der Waals surface area contributed by atoms with Gasteiger partial charge in [0.2, 0.25) is 0 Å². The molecular formula is C12H28N2O. The number of hydrogen-bond donors (Lipinski definition) is 0. The topological polar surface area (TPSA) is 15.7 Å². The van der Waals surface area contributed by atoms with Gasteiger partial charge in [-0.05, 0) is 20.4 Å². The highest BCUT2D eigenvalue weighted by molar-refractivity contribution is 4.68. The maximum atomic E-state index is 5.31. The molecule has 0 unspecified atom stereocenters. The van der Waals surface area contributed by atoms with Crippen LogP contribution in [0.4, 0.5) is 0 Å². The summed E-state index contributed by atoms with van der Waals surface area (Å²) in [5.41, 5.74) is 0. The zero-order chi connectivity index (χ0) is 11.5. The van der Waals surface area contributed by atoms with Gasteiger partial charge in [0.15, 0.2) is 0 Å². The Kier molecular flexibility index (Phi) is 10.3. The third-order valence-corrected chi connectivity index (χ3v) is 2.56. The lowest BCUT2D eigenvalue weighted by Gasteiger charge is -2.32. The second-order valence-corrected chi connectivity index (χ2v) is 3.70. The van der Waals surface area contributed by atoms with Gasteiger partial charge in [0.1, 0.15) is 0 Å². The van der Waals surface area contributed by atoms with Crippen molar-refractivity contribution in [2.45, 2.75) is 27.2 Å². The first kappa shape index (κ1) is 14.9. The number of rotatable bonds is 5. The van der Waals surface area contributed by atoms with Crippen LogP contribution in [0.1, 0.15) is 27.2 Å². The molecule has 0 aromatic carbocycles. The SMILES string of the molecule is CC.CCOCCCN1CCN(C)CC1. The van der Waals surface area contributed by atoms with Crippen LogP contribution in [0.25, 0.3) is 0 Å². The molecule has 1 aliphatic heterocycles. The van der Waals surface area contributed by atoms with Gasteiger partial charge in [-0.3, -0.25) is 0 Å². The summed E-state index contributed by atoms with van der Waals surface area (Å²) in [6.45, 7) is 13.9. The van der Waals surface area contributed by atoms with Crippen LogP contribution in [-0.2, 0) is 4.74 Å². The fraction of sp³-hybridized carbons (Fsp3) is 1.00. The molecule has 0 saturated carbocycles. The molecule has 15 heavy (non-hydrogen) atoms. The molecule has 0 aromatic rings. The lowest BCUT2D eigenvalue weighted by molar-refractivity contribution is 0.113. The minimum Gasteiger partial charge on any atom is -0.382 e. The lowest BCUT2D eigenvalue weighted by atomic mass is 10.3. The highest BCUT2D eigenvalue weighted by Crippen LogP contribution is 1.99. The van der Waals surface area contributed by atoms with Crippen molar-refractivity contribution in [3.05, 3.63) is 0 Å². The molecule has 1 saturated heterocycles. The molecule has 1 rings (SSSR count). The van der Waals surface area contributed by atoms with Crippen molar-refractivity contribution in [2.75, 3.05) is 53.0 Å². The van der Waals surface area contributed by atoms with Crippen molar-refractivity contribution in [3.8, 4) is 0 Å². The summed E-state index contributed by atoms with van der Waals surface area (Å²) in [5, 5.41) is 0. The van der Waals surface area contributed by atoms with Crippen LogP contribution < -0.4 is 0 Å². The van der Waals surface area contributed by atoms with Crippen LogP contribution in [-0.4, -0.2) is 62.8 Å². The van der Waals surface area contributed by atoms with Crippen molar-refractivity contribution in [3.63, 3.8) is 0 Å². The molecule has 0 spiro atoms. The molecule has 0 amide bonds. The first-order valence-electron chi connectivity index (χ1n) is 6.31. The molecule has 1 aliphatic rings. The van der Waals surface area contributed by atoms with Crippen LogP contribution >= 0.6 is 0 Å². The molecule has 92 valence electrons. The molecule has 0 N–H and O–H groups in total. The Morgan fingerprint density at radius 3 is 2.20 bits per heavy atom. The third kappa shape index (κ3) is 7.77. The monoisotopic (exact) mass is 216 g/mol. The van der Waals surface area contributed by atoms with Gasteiger partial charge in [-0.1, -0.05) is 13.8 Å². The molecule has 0 atom stereocenters. The molecule has 3 heteroatoms. The Labute approximate surface area is 95.4 Å². The summed E-state index contributed by atoms with van der Waals surface area (Å²) in [6, 6.07) is 0. The van der Waals surface area contributed by atoms with Gasteiger partial charge in [-0.15, -0.1) is 0 Å². The van der Waals surface area contributed by atoms with E-state index in [4.69, 9.17) is 4.74 Å². The van der Waals surface area contributed by atoms with E-state index in [2.05, 4.69) is 23.8 Å². The predicted molar refractivity (Wildman–Crippen MR) is 66.4 cm³/mol. The summed E-state index contributed by atoms with van der Waals surface area (Å²) in [6.07, 6.45) is 1.18. The zero-order valence-corrected chi connectivity index (χ0v) is 11.0. The largest absolute Gasteiger partial charge is 0.382 e. The van der Waals surface area contributed by atoms with E-state index in [1.54, 1.807) is 0 Å². The van der Waals surface area contributed by atoms with Crippen molar-refractivity contribution < 1.29 is 4.74 Å². The van der Waals surface area contributed by atoms with Gasteiger partial charge in [-0.2, -0.15) is 0 Å². The summed E-state index contributed by atoms with van der Waals surface area (Å²) in [7, 11) is 2.19. The average Bonchev–Trinajstić information content (AvgIpc) is 2.30. The maximum Gasteiger partial charge on any atom is 0.0478 e. The van der Waals surface area contributed by atoms with Crippen LogP contribution in [0.15, 0.2) is 0 Å². The van der Waals surface area contributed by atoms with E-state index in [9.17, 15) is 0 Å². The first-order valence-corrected chi connectivity index (χ1v) is 6.31. The van der Waals surface area contributed by atoms with Gasteiger partial charge >= 0.3 is 0 Å². The number of ether oxygens (including phenoxy) is 1. The number of piperazine rings is 1. The minimum atomic E-state index is 0.850. The summed E-state index contributed by atoms with van der Waals surface area (Å²) < 4.78 is 5.31. The fourth-order valence-electron chi connectivity index (χ4n) is 1.61. The van der Waals surface area contributed by atoms with Crippen molar-refractivity contribution in [1.29, 1.82) is 0 Å².